The van der Waals surface area contributed by atoms with Crippen LogP contribution in [0, 0.1) is 5.92 Å². The standard InChI is InChI=1S/C16H30N2O2/c1-2-20-14-13-17-11-7-15(8-12-17)16(19)18-9-5-3-4-6-10-18/h15H,2-14H2,1H3. The predicted molar refractivity (Wildman–Crippen MR) is 80.7 cm³/mol. The molecule has 2 saturated heterocycles. The molecule has 20 heavy (non-hydrogen) atoms. The van der Waals surface area contributed by atoms with Crippen molar-refractivity contribution < 1.29 is 9.53 Å². The second-order valence-corrected chi connectivity index (χ2v) is 6.05. The third kappa shape index (κ3) is 4.74. The average molecular weight is 282 g/mol. The van der Waals surface area contributed by atoms with E-state index < -0.39 is 0 Å². The zero-order valence-electron chi connectivity index (χ0n) is 13.0. The number of carbonyl (C=O) groups excluding carboxylic acids is 1. The molecule has 0 aromatic carbocycles. The topological polar surface area (TPSA) is 32.8 Å². The maximum atomic E-state index is 12.6. The van der Waals surface area contributed by atoms with E-state index in [0.717, 1.165) is 58.8 Å². The zero-order chi connectivity index (χ0) is 14.2. The monoisotopic (exact) mass is 282 g/mol. The Balaban J connectivity index is 1.70. The van der Waals surface area contributed by atoms with Crippen LogP contribution in [-0.4, -0.2) is 61.6 Å². The molecule has 1 amide bonds. The molecule has 0 atom stereocenters. The third-order valence-corrected chi connectivity index (χ3v) is 4.61. The van der Waals surface area contributed by atoms with E-state index in [2.05, 4.69) is 9.80 Å². The molecule has 2 fully saturated rings. The first kappa shape index (κ1) is 15.8. The summed E-state index contributed by atoms with van der Waals surface area (Å²) in [6, 6.07) is 0. The Morgan fingerprint density at radius 1 is 1.05 bits per heavy atom. The summed E-state index contributed by atoms with van der Waals surface area (Å²) >= 11 is 0. The molecule has 0 aromatic rings. The third-order valence-electron chi connectivity index (χ3n) is 4.61. The largest absolute Gasteiger partial charge is 0.380 e. The van der Waals surface area contributed by atoms with Crippen LogP contribution in [0.3, 0.4) is 0 Å². The molecular formula is C16H30N2O2. The highest BCUT2D eigenvalue weighted by atomic mass is 16.5. The van der Waals surface area contributed by atoms with Gasteiger partial charge < -0.3 is 14.5 Å². The molecule has 4 heteroatoms. The smallest absolute Gasteiger partial charge is 0.225 e. The van der Waals surface area contributed by atoms with Crippen LogP contribution < -0.4 is 0 Å². The van der Waals surface area contributed by atoms with Gasteiger partial charge in [-0.15, -0.1) is 0 Å². The number of carbonyl (C=O) groups is 1. The minimum absolute atomic E-state index is 0.274. The quantitative estimate of drug-likeness (QED) is 0.724. The minimum atomic E-state index is 0.274. The van der Waals surface area contributed by atoms with Crippen molar-refractivity contribution in [3.05, 3.63) is 0 Å². The van der Waals surface area contributed by atoms with Crippen LogP contribution in [0.2, 0.25) is 0 Å². The molecule has 2 heterocycles. The van der Waals surface area contributed by atoms with E-state index in [1.54, 1.807) is 0 Å². The lowest BCUT2D eigenvalue weighted by Gasteiger charge is -2.33. The van der Waals surface area contributed by atoms with Crippen LogP contribution in [0.4, 0.5) is 0 Å². The number of likely N-dealkylation sites (tertiary alicyclic amines) is 2. The van der Waals surface area contributed by atoms with Gasteiger partial charge in [-0.1, -0.05) is 12.8 Å². The summed E-state index contributed by atoms with van der Waals surface area (Å²) in [5, 5.41) is 0. The van der Waals surface area contributed by atoms with E-state index in [9.17, 15) is 4.79 Å². The van der Waals surface area contributed by atoms with E-state index in [-0.39, 0.29) is 5.92 Å². The average Bonchev–Trinajstić information content (AvgIpc) is 2.77. The number of ether oxygens (including phenoxy) is 1. The van der Waals surface area contributed by atoms with E-state index in [1.807, 2.05) is 6.92 Å². The molecule has 0 aliphatic carbocycles. The van der Waals surface area contributed by atoms with Crippen molar-refractivity contribution in [1.82, 2.24) is 9.80 Å². The number of rotatable bonds is 5. The summed E-state index contributed by atoms with van der Waals surface area (Å²) in [6.07, 6.45) is 7.03. The first-order valence-electron chi connectivity index (χ1n) is 8.40. The Kier molecular flexibility index (Phi) is 6.80. The molecular weight excluding hydrogens is 252 g/mol. The highest BCUT2D eigenvalue weighted by Gasteiger charge is 2.28. The number of nitrogens with zero attached hydrogens (tertiary/aromatic N) is 2. The molecule has 0 spiro atoms. The number of piperidine rings is 1. The molecule has 0 saturated carbocycles. The van der Waals surface area contributed by atoms with Gasteiger partial charge in [0.15, 0.2) is 0 Å². The molecule has 116 valence electrons. The van der Waals surface area contributed by atoms with E-state index in [4.69, 9.17) is 4.74 Å². The maximum absolute atomic E-state index is 12.6. The van der Waals surface area contributed by atoms with Gasteiger partial charge in [-0.3, -0.25) is 4.79 Å². The van der Waals surface area contributed by atoms with Gasteiger partial charge in [0.25, 0.3) is 0 Å². The van der Waals surface area contributed by atoms with Gasteiger partial charge in [-0.05, 0) is 45.7 Å². The second-order valence-electron chi connectivity index (χ2n) is 6.05. The summed E-state index contributed by atoms with van der Waals surface area (Å²) in [4.78, 5) is 17.1. The zero-order valence-corrected chi connectivity index (χ0v) is 13.0. The van der Waals surface area contributed by atoms with Crippen molar-refractivity contribution in [1.29, 1.82) is 0 Å². The van der Waals surface area contributed by atoms with E-state index in [1.165, 1.54) is 25.7 Å². The van der Waals surface area contributed by atoms with Gasteiger partial charge in [-0.25, -0.2) is 0 Å². The predicted octanol–water partition coefficient (Wildman–Crippen LogP) is 2.14. The van der Waals surface area contributed by atoms with Crippen molar-refractivity contribution in [2.75, 3.05) is 45.9 Å². The van der Waals surface area contributed by atoms with E-state index >= 15 is 0 Å². The van der Waals surface area contributed by atoms with Crippen molar-refractivity contribution in [3.8, 4) is 0 Å². The molecule has 0 unspecified atom stereocenters. The summed E-state index contributed by atoms with van der Waals surface area (Å²) in [6.45, 7) is 8.75. The van der Waals surface area contributed by atoms with Gasteiger partial charge in [0, 0.05) is 32.2 Å². The highest BCUT2D eigenvalue weighted by Crippen LogP contribution is 2.21. The Hall–Kier alpha value is -0.610. The Labute approximate surface area is 123 Å². The van der Waals surface area contributed by atoms with Crippen LogP contribution in [0.5, 0.6) is 0 Å². The summed E-state index contributed by atoms with van der Waals surface area (Å²) < 4.78 is 5.40. The van der Waals surface area contributed by atoms with Crippen molar-refractivity contribution in [2.24, 2.45) is 5.92 Å². The van der Waals surface area contributed by atoms with Crippen LogP contribution in [0.15, 0.2) is 0 Å². The molecule has 2 aliphatic rings. The van der Waals surface area contributed by atoms with Crippen molar-refractivity contribution in [3.63, 3.8) is 0 Å². The summed E-state index contributed by atoms with van der Waals surface area (Å²) in [5.41, 5.74) is 0. The Bertz CT molecular complexity index is 280. The SMILES string of the molecule is CCOCCN1CCC(C(=O)N2CCCCCC2)CC1. The maximum Gasteiger partial charge on any atom is 0.225 e. The number of hydrogen-bond donors (Lipinski definition) is 0. The van der Waals surface area contributed by atoms with Gasteiger partial charge in [-0.2, -0.15) is 0 Å². The van der Waals surface area contributed by atoms with Gasteiger partial charge in [0.1, 0.15) is 0 Å². The minimum Gasteiger partial charge on any atom is -0.380 e. The Morgan fingerprint density at radius 3 is 2.30 bits per heavy atom. The number of hydrogen-bond acceptors (Lipinski definition) is 3. The molecule has 4 nitrogen and oxygen atoms in total. The molecule has 0 N–H and O–H groups in total. The fourth-order valence-electron chi connectivity index (χ4n) is 3.29. The molecule has 2 rings (SSSR count). The lowest BCUT2D eigenvalue weighted by molar-refractivity contribution is -0.137. The lowest BCUT2D eigenvalue weighted by atomic mass is 9.95. The Morgan fingerprint density at radius 2 is 1.70 bits per heavy atom. The molecule has 0 bridgehead atoms. The van der Waals surface area contributed by atoms with Crippen LogP contribution in [0.25, 0.3) is 0 Å². The first-order valence-corrected chi connectivity index (χ1v) is 8.40. The second kappa shape index (κ2) is 8.63. The normalized spacial score (nSPS) is 22.8. The summed E-state index contributed by atoms with van der Waals surface area (Å²) in [7, 11) is 0. The molecule has 2 aliphatic heterocycles. The van der Waals surface area contributed by atoms with Crippen LogP contribution in [-0.2, 0) is 9.53 Å². The number of amides is 1. The van der Waals surface area contributed by atoms with E-state index in [0.29, 0.717) is 5.91 Å². The highest BCUT2D eigenvalue weighted by molar-refractivity contribution is 5.79. The van der Waals surface area contributed by atoms with Crippen LogP contribution >= 0.6 is 0 Å². The summed E-state index contributed by atoms with van der Waals surface area (Å²) in [5.74, 6) is 0.702. The lowest BCUT2D eigenvalue weighted by Crippen LogP contribution is -2.43. The molecule has 0 radical (unpaired) electrons. The van der Waals surface area contributed by atoms with Gasteiger partial charge in [0.05, 0.1) is 6.61 Å². The first-order chi connectivity index (χ1) is 9.81. The van der Waals surface area contributed by atoms with Crippen molar-refractivity contribution >= 4 is 5.91 Å². The van der Waals surface area contributed by atoms with Crippen LogP contribution in [0.1, 0.15) is 45.4 Å². The van der Waals surface area contributed by atoms with Crippen molar-refractivity contribution in [2.45, 2.75) is 45.4 Å². The fraction of sp³-hybridized carbons (Fsp3) is 0.938. The van der Waals surface area contributed by atoms with Gasteiger partial charge in [0.2, 0.25) is 5.91 Å². The molecule has 0 aromatic heterocycles. The van der Waals surface area contributed by atoms with Gasteiger partial charge >= 0.3 is 0 Å². The fourth-order valence-corrected chi connectivity index (χ4v) is 3.29.